The lowest BCUT2D eigenvalue weighted by atomic mass is 10.0. The lowest BCUT2D eigenvalue weighted by molar-refractivity contribution is 0.366. The molecular weight excluding hydrogens is 236 g/mol. The molecule has 0 saturated carbocycles. The van der Waals surface area contributed by atoms with Gasteiger partial charge >= 0.3 is 0 Å². The lowest BCUT2D eigenvalue weighted by Gasteiger charge is -2.24. The van der Waals surface area contributed by atoms with E-state index in [9.17, 15) is 0 Å². The van der Waals surface area contributed by atoms with E-state index in [1.54, 1.807) is 6.26 Å². The van der Waals surface area contributed by atoms with Crippen molar-refractivity contribution in [3.8, 4) is 0 Å². The fourth-order valence-corrected chi connectivity index (χ4v) is 3.07. The molecule has 0 spiro atoms. The van der Waals surface area contributed by atoms with Gasteiger partial charge in [0.25, 0.3) is 0 Å². The molecule has 3 unspecified atom stereocenters. The molecule has 1 aromatic heterocycles. The Morgan fingerprint density at radius 2 is 2.21 bits per heavy atom. The van der Waals surface area contributed by atoms with Crippen molar-refractivity contribution in [2.75, 3.05) is 6.54 Å². The van der Waals surface area contributed by atoms with Gasteiger partial charge in [-0.3, -0.25) is 0 Å². The van der Waals surface area contributed by atoms with Gasteiger partial charge in [0.2, 0.25) is 0 Å². The van der Waals surface area contributed by atoms with Crippen LogP contribution >= 0.6 is 0 Å². The van der Waals surface area contributed by atoms with Gasteiger partial charge in [0.05, 0.1) is 6.26 Å². The molecule has 2 N–H and O–H groups in total. The van der Waals surface area contributed by atoms with Gasteiger partial charge in [0.1, 0.15) is 5.76 Å². The molecule has 0 aliphatic carbocycles. The second-order valence-corrected chi connectivity index (χ2v) is 5.99. The minimum atomic E-state index is 0.465. The van der Waals surface area contributed by atoms with Crippen LogP contribution < -0.4 is 10.6 Å². The van der Waals surface area contributed by atoms with E-state index < -0.39 is 0 Å². The standard InChI is InChI=1S/C16H28N2O/c1-13(11-15-7-4-3-5-9-17-15)18-14(2)12-16-8-6-10-19-16/h6,8,10,13-15,17-18H,3-5,7,9,11-12H2,1-2H3. The van der Waals surface area contributed by atoms with Gasteiger partial charge in [-0.05, 0) is 51.8 Å². The van der Waals surface area contributed by atoms with E-state index in [1.807, 2.05) is 6.07 Å². The summed E-state index contributed by atoms with van der Waals surface area (Å²) in [6.07, 6.45) is 9.39. The highest BCUT2D eigenvalue weighted by atomic mass is 16.3. The van der Waals surface area contributed by atoms with Gasteiger partial charge in [-0.2, -0.15) is 0 Å². The molecule has 108 valence electrons. The first-order valence-electron chi connectivity index (χ1n) is 7.76. The molecule has 3 atom stereocenters. The Morgan fingerprint density at radius 1 is 1.32 bits per heavy atom. The third-order valence-corrected chi connectivity index (χ3v) is 3.96. The van der Waals surface area contributed by atoms with Gasteiger partial charge < -0.3 is 15.1 Å². The Kier molecular flexibility index (Phi) is 5.93. The van der Waals surface area contributed by atoms with Crippen molar-refractivity contribution in [3.05, 3.63) is 24.2 Å². The van der Waals surface area contributed by atoms with Crippen LogP contribution in [0, 0.1) is 0 Å². The monoisotopic (exact) mass is 264 g/mol. The van der Waals surface area contributed by atoms with Gasteiger partial charge in [-0.25, -0.2) is 0 Å². The van der Waals surface area contributed by atoms with E-state index in [0.29, 0.717) is 18.1 Å². The van der Waals surface area contributed by atoms with Crippen molar-refractivity contribution in [1.82, 2.24) is 10.6 Å². The molecule has 1 aromatic rings. The van der Waals surface area contributed by atoms with Crippen molar-refractivity contribution >= 4 is 0 Å². The fraction of sp³-hybridized carbons (Fsp3) is 0.750. The second-order valence-electron chi connectivity index (χ2n) is 5.99. The third-order valence-electron chi connectivity index (χ3n) is 3.96. The summed E-state index contributed by atoms with van der Waals surface area (Å²) in [7, 11) is 0. The molecule has 1 fully saturated rings. The Hall–Kier alpha value is -0.800. The third kappa shape index (κ3) is 5.37. The zero-order valence-corrected chi connectivity index (χ0v) is 12.3. The van der Waals surface area contributed by atoms with Gasteiger partial charge in [0.15, 0.2) is 0 Å². The summed E-state index contributed by atoms with van der Waals surface area (Å²) in [5, 5.41) is 7.36. The minimum Gasteiger partial charge on any atom is -0.469 e. The first-order valence-corrected chi connectivity index (χ1v) is 7.76. The topological polar surface area (TPSA) is 37.2 Å². The predicted molar refractivity (Wildman–Crippen MR) is 79.3 cm³/mol. The summed E-state index contributed by atoms with van der Waals surface area (Å²) in [6, 6.07) is 5.73. The number of nitrogens with one attached hydrogen (secondary N) is 2. The molecule has 2 heterocycles. The average molecular weight is 264 g/mol. The molecule has 3 nitrogen and oxygen atoms in total. The predicted octanol–water partition coefficient (Wildman–Crippen LogP) is 3.11. The van der Waals surface area contributed by atoms with Crippen LogP contribution in [0.3, 0.4) is 0 Å². The van der Waals surface area contributed by atoms with E-state index in [2.05, 4.69) is 30.5 Å². The van der Waals surface area contributed by atoms with Crippen LogP contribution in [0.25, 0.3) is 0 Å². The van der Waals surface area contributed by atoms with E-state index in [4.69, 9.17) is 4.42 Å². The molecule has 1 aliphatic rings. The average Bonchev–Trinajstić information content (AvgIpc) is 2.72. The highest BCUT2D eigenvalue weighted by Crippen LogP contribution is 2.13. The first-order chi connectivity index (χ1) is 9.24. The summed E-state index contributed by atoms with van der Waals surface area (Å²) in [4.78, 5) is 0. The Morgan fingerprint density at radius 3 is 3.00 bits per heavy atom. The van der Waals surface area contributed by atoms with Crippen LogP contribution in [0.2, 0.25) is 0 Å². The maximum atomic E-state index is 5.40. The summed E-state index contributed by atoms with van der Waals surface area (Å²) in [6.45, 7) is 5.73. The van der Waals surface area contributed by atoms with E-state index in [0.717, 1.165) is 12.2 Å². The SMILES string of the molecule is CC(Cc1ccco1)NC(C)CC1CCCCCN1. The van der Waals surface area contributed by atoms with E-state index >= 15 is 0 Å². The Balaban J connectivity index is 1.69. The maximum absolute atomic E-state index is 5.40. The normalized spacial score (nSPS) is 23.8. The van der Waals surface area contributed by atoms with E-state index in [-0.39, 0.29) is 0 Å². The van der Waals surface area contributed by atoms with Crippen molar-refractivity contribution in [3.63, 3.8) is 0 Å². The van der Waals surface area contributed by atoms with Gasteiger partial charge in [-0.15, -0.1) is 0 Å². The summed E-state index contributed by atoms with van der Waals surface area (Å²) in [5.74, 6) is 1.07. The van der Waals surface area contributed by atoms with Crippen molar-refractivity contribution in [2.24, 2.45) is 0 Å². The first kappa shape index (κ1) is 14.6. The molecule has 2 rings (SSSR count). The van der Waals surface area contributed by atoms with Crippen molar-refractivity contribution < 1.29 is 4.42 Å². The second kappa shape index (κ2) is 7.71. The summed E-state index contributed by atoms with van der Waals surface area (Å²) >= 11 is 0. The highest BCUT2D eigenvalue weighted by Gasteiger charge is 2.16. The smallest absolute Gasteiger partial charge is 0.105 e. The Bertz CT molecular complexity index is 329. The molecule has 19 heavy (non-hydrogen) atoms. The molecule has 1 saturated heterocycles. The van der Waals surface area contributed by atoms with Crippen molar-refractivity contribution in [1.29, 1.82) is 0 Å². The number of hydrogen-bond donors (Lipinski definition) is 2. The summed E-state index contributed by atoms with van der Waals surface area (Å²) in [5.41, 5.74) is 0. The number of furan rings is 1. The zero-order chi connectivity index (χ0) is 13.5. The molecule has 0 aromatic carbocycles. The van der Waals surface area contributed by atoms with Crippen LogP contribution in [-0.2, 0) is 6.42 Å². The van der Waals surface area contributed by atoms with E-state index in [1.165, 1.54) is 38.6 Å². The zero-order valence-electron chi connectivity index (χ0n) is 12.3. The quantitative estimate of drug-likeness (QED) is 0.829. The van der Waals surface area contributed by atoms with Gasteiger partial charge in [0, 0.05) is 24.5 Å². The maximum Gasteiger partial charge on any atom is 0.105 e. The van der Waals surface area contributed by atoms with Crippen LogP contribution in [0.5, 0.6) is 0 Å². The van der Waals surface area contributed by atoms with Gasteiger partial charge in [-0.1, -0.05) is 12.8 Å². The molecule has 0 bridgehead atoms. The van der Waals surface area contributed by atoms with Crippen LogP contribution in [0.15, 0.2) is 22.8 Å². The summed E-state index contributed by atoms with van der Waals surface area (Å²) < 4.78 is 5.40. The van der Waals surface area contributed by atoms with Crippen LogP contribution in [0.1, 0.15) is 51.7 Å². The largest absolute Gasteiger partial charge is 0.469 e. The molecule has 3 heteroatoms. The molecule has 0 amide bonds. The number of rotatable bonds is 6. The lowest BCUT2D eigenvalue weighted by Crippen LogP contribution is -2.41. The molecule has 0 radical (unpaired) electrons. The van der Waals surface area contributed by atoms with Crippen molar-refractivity contribution in [2.45, 2.75) is 70.5 Å². The molecular formula is C16H28N2O. The van der Waals surface area contributed by atoms with Crippen LogP contribution in [0.4, 0.5) is 0 Å². The minimum absolute atomic E-state index is 0.465. The molecule has 1 aliphatic heterocycles. The fourth-order valence-electron chi connectivity index (χ4n) is 3.07. The number of hydrogen-bond acceptors (Lipinski definition) is 3. The highest BCUT2D eigenvalue weighted by molar-refractivity contribution is 5.00. The van der Waals surface area contributed by atoms with Crippen LogP contribution in [-0.4, -0.2) is 24.7 Å². The Labute approximate surface area is 117 Å².